The summed E-state index contributed by atoms with van der Waals surface area (Å²) < 4.78 is 34.3. The smallest absolute Gasteiger partial charge is 0.416 e. The summed E-state index contributed by atoms with van der Waals surface area (Å²) in [6, 6.07) is 12.0. The van der Waals surface area contributed by atoms with Crippen molar-refractivity contribution in [3.63, 3.8) is 0 Å². The van der Waals surface area contributed by atoms with Crippen molar-refractivity contribution in [1.29, 1.82) is 0 Å². The van der Waals surface area contributed by atoms with Crippen LogP contribution in [0, 0.1) is 11.6 Å². The third-order valence-corrected chi connectivity index (χ3v) is 5.13. The van der Waals surface area contributed by atoms with Crippen LogP contribution in [0.1, 0.15) is 36.8 Å². The summed E-state index contributed by atoms with van der Waals surface area (Å²) in [6.07, 6.45) is -0.912. The lowest BCUT2D eigenvalue weighted by molar-refractivity contribution is 0.0573. The Morgan fingerprint density at radius 2 is 1.76 bits per heavy atom. The van der Waals surface area contributed by atoms with Gasteiger partial charge in [-0.1, -0.05) is 24.3 Å². The fourth-order valence-electron chi connectivity index (χ4n) is 3.77. The molecule has 1 aliphatic rings. The lowest BCUT2D eigenvalue weighted by Gasteiger charge is -2.30. The SMILES string of the molecule is CC(C)(C)OC(=O)N1c2ccccc2CC1Nc1cc(-c2c(F)cccc2F)nnc1C(N)=O. The molecule has 176 valence electrons. The van der Waals surface area contributed by atoms with Crippen molar-refractivity contribution in [2.24, 2.45) is 5.73 Å². The van der Waals surface area contributed by atoms with Gasteiger partial charge in [-0.2, -0.15) is 0 Å². The fraction of sp³-hybridized carbons (Fsp3) is 0.250. The van der Waals surface area contributed by atoms with E-state index >= 15 is 0 Å². The lowest BCUT2D eigenvalue weighted by atomic mass is 10.1. The number of carbonyl (C=O) groups excluding carboxylic acids is 2. The number of para-hydroxylation sites is 1. The van der Waals surface area contributed by atoms with Crippen molar-refractivity contribution in [3.05, 3.63) is 71.4 Å². The van der Waals surface area contributed by atoms with Gasteiger partial charge < -0.3 is 15.8 Å². The molecule has 0 radical (unpaired) electrons. The van der Waals surface area contributed by atoms with E-state index in [0.29, 0.717) is 12.1 Å². The highest BCUT2D eigenvalue weighted by atomic mass is 19.1. The number of carbonyl (C=O) groups is 2. The van der Waals surface area contributed by atoms with Crippen LogP contribution in [0.5, 0.6) is 0 Å². The molecule has 1 atom stereocenters. The average Bonchev–Trinajstić information content (AvgIpc) is 3.10. The largest absolute Gasteiger partial charge is 0.443 e. The molecule has 1 aliphatic heterocycles. The second-order valence-electron chi connectivity index (χ2n) is 8.80. The maximum absolute atomic E-state index is 14.3. The van der Waals surface area contributed by atoms with Crippen molar-refractivity contribution in [2.75, 3.05) is 10.2 Å². The van der Waals surface area contributed by atoms with Crippen molar-refractivity contribution in [1.82, 2.24) is 10.2 Å². The number of halogens is 2. The van der Waals surface area contributed by atoms with E-state index in [0.717, 1.165) is 17.7 Å². The van der Waals surface area contributed by atoms with Crippen molar-refractivity contribution < 1.29 is 23.1 Å². The van der Waals surface area contributed by atoms with Crippen LogP contribution in [-0.2, 0) is 11.2 Å². The molecule has 3 aromatic rings. The Morgan fingerprint density at radius 3 is 2.41 bits per heavy atom. The first-order valence-electron chi connectivity index (χ1n) is 10.5. The number of hydrogen-bond donors (Lipinski definition) is 2. The monoisotopic (exact) mass is 467 g/mol. The van der Waals surface area contributed by atoms with E-state index in [9.17, 15) is 18.4 Å². The Balaban J connectivity index is 1.75. The molecule has 34 heavy (non-hydrogen) atoms. The molecule has 10 heteroatoms. The Morgan fingerprint density at radius 1 is 1.09 bits per heavy atom. The topological polar surface area (TPSA) is 110 Å². The summed E-state index contributed by atoms with van der Waals surface area (Å²) >= 11 is 0. The maximum atomic E-state index is 14.3. The first-order valence-corrected chi connectivity index (χ1v) is 10.5. The molecular formula is C24H23F2N5O3. The zero-order valence-corrected chi connectivity index (χ0v) is 18.8. The van der Waals surface area contributed by atoms with E-state index in [1.54, 1.807) is 32.9 Å². The Hall–Kier alpha value is -4.08. The molecule has 0 saturated heterocycles. The third kappa shape index (κ3) is 4.52. The quantitative estimate of drug-likeness (QED) is 0.593. The summed E-state index contributed by atoms with van der Waals surface area (Å²) in [6.45, 7) is 5.26. The van der Waals surface area contributed by atoms with Crippen LogP contribution in [0.4, 0.5) is 25.0 Å². The summed E-state index contributed by atoms with van der Waals surface area (Å²) in [5, 5.41) is 10.7. The van der Waals surface area contributed by atoms with Gasteiger partial charge in [0.25, 0.3) is 5.91 Å². The molecule has 1 unspecified atom stereocenters. The van der Waals surface area contributed by atoms with E-state index in [4.69, 9.17) is 10.5 Å². The second kappa shape index (κ2) is 8.69. The van der Waals surface area contributed by atoms with Crippen molar-refractivity contribution in [2.45, 2.75) is 39.0 Å². The van der Waals surface area contributed by atoms with Gasteiger partial charge in [-0.15, -0.1) is 10.2 Å². The van der Waals surface area contributed by atoms with Gasteiger partial charge in [-0.25, -0.2) is 13.6 Å². The number of benzene rings is 2. The number of hydrogen-bond acceptors (Lipinski definition) is 6. The van der Waals surface area contributed by atoms with Crippen LogP contribution in [0.15, 0.2) is 48.5 Å². The van der Waals surface area contributed by atoms with Crippen LogP contribution < -0.4 is 16.0 Å². The van der Waals surface area contributed by atoms with Crippen LogP contribution in [0.2, 0.25) is 0 Å². The minimum atomic E-state index is -0.894. The van der Waals surface area contributed by atoms with Gasteiger partial charge in [-0.3, -0.25) is 9.69 Å². The third-order valence-electron chi connectivity index (χ3n) is 5.13. The van der Waals surface area contributed by atoms with Crippen LogP contribution in [-0.4, -0.2) is 34.0 Å². The highest BCUT2D eigenvalue weighted by Crippen LogP contribution is 2.35. The number of nitrogens with two attached hydrogens (primary N) is 1. The van der Waals surface area contributed by atoms with Gasteiger partial charge in [0.1, 0.15) is 29.1 Å². The first kappa shape index (κ1) is 23.1. The van der Waals surface area contributed by atoms with Gasteiger partial charge in [0.05, 0.1) is 16.9 Å². The number of rotatable bonds is 4. The lowest BCUT2D eigenvalue weighted by Crippen LogP contribution is -2.45. The molecule has 0 fully saturated rings. The van der Waals surface area contributed by atoms with E-state index in [2.05, 4.69) is 15.5 Å². The number of ether oxygens (including phenoxy) is 1. The number of primary amides is 1. The Bertz CT molecular complexity index is 1260. The first-order chi connectivity index (χ1) is 16.0. The molecule has 0 spiro atoms. The van der Waals surface area contributed by atoms with Gasteiger partial charge in [0, 0.05) is 6.42 Å². The number of anilines is 2. The van der Waals surface area contributed by atoms with E-state index < -0.39 is 41.0 Å². The molecular weight excluding hydrogens is 444 g/mol. The number of fused-ring (bicyclic) bond motifs is 1. The van der Waals surface area contributed by atoms with Crippen molar-refractivity contribution >= 4 is 23.4 Å². The molecule has 1 aromatic heterocycles. The van der Waals surface area contributed by atoms with Gasteiger partial charge in [0.15, 0.2) is 5.69 Å². The molecule has 3 N–H and O–H groups in total. The highest BCUT2D eigenvalue weighted by molar-refractivity contribution is 5.97. The summed E-state index contributed by atoms with van der Waals surface area (Å²) in [5.74, 6) is -2.57. The molecule has 2 aromatic carbocycles. The second-order valence-corrected chi connectivity index (χ2v) is 8.80. The zero-order valence-electron chi connectivity index (χ0n) is 18.8. The number of aromatic nitrogens is 2. The van der Waals surface area contributed by atoms with Crippen molar-refractivity contribution in [3.8, 4) is 11.3 Å². The predicted octanol–water partition coefficient (Wildman–Crippen LogP) is 4.26. The molecule has 0 saturated carbocycles. The van der Waals surface area contributed by atoms with Crippen LogP contribution in [0.25, 0.3) is 11.3 Å². The van der Waals surface area contributed by atoms with Crippen LogP contribution in [0.3, 0.4) is 0 Å². The van der Waals surface area contributed by atoms with Gasteiger partial charge >= 0.3 is 6.09 Å². The number of nitrogens with zero attached hydrogens (tertiary/aromatic N) is 3. The standard InChI is InChI=1S/C24H23F2N5O3/c1-24(2,3)34-23(33)31-18-10-5-4-7-13(18)11-19(31)28-17-12-16(29-30-21(17)22(27)32)20-14(25)8-6-9-15(20)26/h4-10,12,19H,11H2,1-3H3,(H2,27,32)(H,28,29). The maximum Gasteiger partial charge on any atom is 0.416 e. The molecule has 2 heterocycles. The van der Waals surface area contributed by atoms with E-state index in [-0.39, 0.29) is 17.1 Å². The summed E-state index contributed by atoms with van der Waals surface area (Å²) in [5.41, 5.74) is 5.53. The zero-order chi connectivity index (χ0) is 24.6. The average molecular weight is 467 g/mol. The summed E-state index contributed by atoms with van der Waals surface area (Å²) in [7, 11) is 0. The predicted molar refractivity (Wildman–Crippen MR) is 122 cm³/mol. The Labute approximate surface area is 194 Å². The van der Waals surface area contributed by atoms with E-state index in [1.807, 2.05) is 12.1 Å². The van der Waals surface area contributed by atoms with Gasteiger partial charge in [0.2, 0.25) is 0 Å². The normalized spacial score (nSPS) is 15.1. The molecule has 0 bridgehead atoms. The summed E-state index contributed by atoms with van der Waals surface area (Å²) in [4.78, 5) is 26.5. The molecule has 0 aliphatic carbocycles. The Kier molecular flexibility index (Phi) is 5.90. The van der Waals surface area contributed by atoms with Crippen LogP contribution >= 0.6 is 0 Å². The van der Waals surface area contributed by atoms with E-state index in [1.165, 1.54) is 17.0 Å². The minimum Gasteiger partial charge on any atom is -0.443 e. The number of nitrogens with one attached hydrogen (secondary N) is 1. The van der Waals surface area contributed by atoms with Gasteiger partial charge in [-0.05, 0) is 50.6 Å². The molecule has 8 nitrogen and oxygen atoms in total. The fourth-order valence-corrected chi connectivity index (χ4v) is 3.77. The highest BCUT2D eigenvalue weighted by Gasteiger charge is 2.37. The minimum absolute atomic E-state index is 0.0755. The molecule has 2 amide bonds. The molecule has 4 rings (SSSR count). The number of amides is 2.